The first kappa shape index (κ1) is 13.1. The Morgan fingerprint density at radius 2 is 2.05 bits per heavy atom. The van der Waals surface area contributed by atoms with Gasteiger partial charge in [0, 0.05) is 5.56 Å². The van der Waals surface area contributed by atoms with Crippen molar-refractivity contribution in [1.82, 2.24) is 9.97 Å². The number of ether oxygens (including phenoxy) is 1. The van der Waals surface area contributed by atoms with Gasteiger partial charge in [0.2, 0.25) is 0 Å². The van der Waals surface area contributed by atoms with Crippen LogP contribution in [0.3, 0.4) is 0 Å². The highest BCUT2D eigenvalue weighted by molar-refractivity contribution is 5.89. The largest absolute Gasteiger partial charge is 0.461 e. The molecule has 0 radical (unpaired) electrons. The monoisotopic (exact) mass is 260 g/mol. The molecule has 0 unspecified atom stereocenters. The lowest BCUT2D eigenvalue weighted by molar-refractivity contribution is 0.0513. The minimum absolute atomic E-state index is 0.108. The summed E-state index contributed by atoms with van der Waals surface area (Å²) in [6.45, 7) is 3.67. The van der Waals surface area contributed by atoms with Gasteiger partial charge in [0.05, 0.1) is 6.61 Å². The van der Waals surface area contributed by atoms with Gasteiger partial charge in [0.15, 0.2) is 11.5 Å². The number of aromatic nitrogens is 2. The molecule has 2 aromatic rings. The molecule has 1 aromatic carbocycles. The first-order valence-electron chi connectivity index (χ1n) is 5.88. The fourth-order valence-electron chi connectivity index (χ4n) is 1.74. The van der Waals surface area contributed by atoms with E-state index in [2.05, 4.69) is 9.97 Å². The van der Waals surface area contributed by atoms with E-state index in [9.17, 15) is 9.18 Å². The van der Waals surface area contributed by atoms with Crippen molar-refractivity contribution in [3.05, 3.63) is 47.7 Å². The standard InChI is InChI=1S/C14H13FN2O2/c1-3-19-14(18)13-11(15)12(16-8-17-13)10-7-5-4-6-9(10)2/h4-8H,3H2,1-2H3. The van der Waals surface area contributed by atoms with E-state index in [1.165, 1.54) is 0 Å². The Labute approximate surface area is 110 Å². The Balaban J connectivity index is 2.52. The number of nitrogens with zero attached hydrogens (tertiary/aromatic N) is 2. The maximum Gasteiger partial charge on any atom is 0.360 e. The molecule has 1 aromatic heterocycles. The second-order valence-electron chi connectivity index (χ2n) is 3.92. The zero-order valence-electron chi connectivity index (χ0n) is 10.7. The van der Waals surface area contributed by atoms with Crippen molar-refractivity contribution < 1.29 is 13.9 Å². The van der Waals surface area contributed by atoms with Crippen LogP contribution in [-0.4, -0.2) is 22.5 Å². The molecule has 98 valence electrons. The smallest absolute Gasteiger partial charge is 0.360 e. The zero-order chi connectivity index (χ0) is 13.8. The highest BCUT2D eigenvalue weighted by Gasteiger charge is 2.20. The maximum atomic E-state index is 14.3. The minimum Gasteiger partial charge on any atom is -0.461 e. The van der Waals surface area contributed by atoms with E-state index in [0.717, 1.165) is 11.9 Å². The first-order valence-corrected chi connectivity index (χ1v) is 5.88. The molecular weight excluding hydrogens is 247 g/mol. The van der Waals surface area contributed by atoms with Crippen LogP contribution in [0.4, 0.5) is 4.39 Å². The van der Waals surface area contributed by atoms with Crippen LogP contribution in [0, 0.1) is 12.7 Å². The summed E-state index contributed by atoms with van der Waals surface area (Å²) in [5.74, 6) is -1.53. The molecule has 4 nitrogen and oxygen atoms in total. The number of hydrogen-bond acceptors (Lipinski definition) is 4. The van der Waals surface area contributed by atoms with Crippen molar-refractivity contribution in [2.24, 2.45) is 0 Å². The van der Waals surface area contributed by atoms with Crippen LogP contribution in [0.2, 0.25) is 0 Å². The van der Waals surface area contributed by atoms with E-state index in [4.69, 9.17) is 4.74 Å². The number of rotatable bonds is 3. The van der Waals surface area contributed by atoms with Gasteiger partial charge < -0.3 is 4.74 Å². The van der Waals surface area contributed by atoms with Crippen molar-refractivity contribution in [2.75, 3.05) is 6.61 Å². The molecule has 0 amide bonds. The lowest BCUT2D eigenvalue weighted by atomic mass is 10.0. The average Bonchev–Trinajstić information content (AvgIpc) is 2.40. The Hall–Kier alpha value is -2.30. The number of halogens is 1. The van der Waals surface area contributed by atoms with E-state index in [0.29, 0.717) is 5.56 Å². The predicted molar refractivity (Wildman–Crippen MR) is 68.1 cm³/mol. The number of esters is 1. The van der Waals surface area contributed by atoms with E-state index < -0.39 is 11.8 Å². The molecule has 0 aliphatic rings. The summed E-state index contributed by atoms with van der Waals surface area (Å²) >= 11 is 0. The van der Waals surface area contributed by atoms with Crippen molar-refractivity contribution in [3.63, 3.8) is 0 Å². The van der Waals surface area contributed by atoms with Crippen molar-refractivity contribution >= 4 is 5.97 Å². The molecule has 0 saturated carbocycles. The van der Waals surface area contributed by atoms with Gasteiger partial charge in [0.1, 0.15) is 12.0 Å². The molecule has 0 saturated heterocycles. The summed E-state index contributed by atoms with van der Waals surface area (Å²) in [7, 11) is 0. The molecule has 0 fully saturated rings. The van der Waals surface area contributed by atoms with Gasteiger partial charge in [-0.05, 0) is 19.4 Å². The van der Waals surface area contributed by atoms with Gasteiger partial charge in [-0.15, -0.1) is 0 Å². The van der Waals surface area contributed by atoms with Crippen molar-refractivity contribution in [2.45, 2.75) is 13.8 Å². The van der Waals surface area contributed by atoms with E-state index >= 15 is 0 Å². The first-order chi connectivity index (χ1) is 9.15. The number of hydrogen-bond donors (Lipinski definition) is 0. The van der Waals surface area contributed by atoms with Crippen LogP contribution < -0.4 is 0 Å². The van der Waals surface area contributed by atoms with Crippen LogP contribution in [0.25, 0.3) is 11.3 Å². The van der Waals surface area contributed by atoms with Crippen LogP contribution >= 0.6 is 0 Å². The summed E-state index contributed by atoms with van der Waals surface area (Å²) in [5.41, 5.74) is 1.27. The molecule has 1 heterocycles. The van der Waals surface area contributed by atoms with Crippen molar-refractivity contribution in [1.29, 1.82) is 0 Å². The molecule has 2 rings (SSSR count). The summed E-state index contributed by atoms with van der Waals surface area (Å²) in [5, 5.41) is 0. The SMILES string of the molecule is CCOC(=O)c1ncnc(-c2ccccc2C)c1F. The van der Waals surface area contributed by atoms with Gasteiger partial charge in [-0.1, -0.05) is 24.3 Å². The molecule has 0 aliphatic carbocycles. The summed E-state index contributed by atoms with van der Waals surface area (Å²) < 4.78 is 19.0. The fourth-order valence-corrected chi connectivity index (χ4v) is 1.74. The number of aryl methyl sites for hydroxylation is 1. The molecule has 0 atom stereocenters. The fraction of sp³-hybridized carbons (Fsp3) is 0.214. The quantitative estimate of drug-likeness (QED) is 0.796. The average molecular weight is 260 g/mol. The molecular formula is C14H13FN2O2. The minimum atomic E-state index is -0.780. The molecule has 0 N–H and O–H groups in total. The zero-order valence-corrected chi connectivity index (χ0v) is 10.7. The van der Waals surface area contributed by atoms with Crippen LogP contribution in [0.15, 0.2) is 30.6 Å². The third kappa shape index (κ3) is 2.59. The van der Waals surface area contributed by atoms with E-state index in [-0.39, 0.29) is 18.0 Å². The number of benzene rings is 1. The number of carbonyl (C=O) groups is 1. The second-order valence-corrected chi connectivity index (χ2v) is 3.92. The molecule has 0 aliphatic heterocycles. The van der Waals surface area contributed by atoms with Gasteiger partial charge in [-0.25, -0.2) is 19.2 Å². The van der Waals surface area contributed by atoms with Crippen molar-refractivity contribution in [3.8, 4) is 11.3 Å². The Morgan fingerprint density at radius 1 is 1.32 bits per heavy atom. The summed E-state index contributed by atoms with van der Waals surface area (Å²) in [6.07, 6.45) is 1.16. The van der Waals surface area contributed by atoms with Gasteiger partial charge in [-0.3, -0.25) is 0 Å². The Bertz CT molecular complexity index is 614. The second kappa shape index (κ2) is 5.56. The van der Waals surface area contributed by atoms with E-state index in [1.807, 2.05) is 19.1 Å². The lowest BCUT2D eigenvalue weighted by Crippen LogP contribution is -2.11. The van der Waals surface area contributed by atoms with Crippen LogP contribution in [0.5, 0.6) is 0 Å². The third-order valence-corrected chi connectivity index (χ3v) is 2.66. The lowest BCUT2D eigenvalue weighted by Gasteiger charge is -2.08. The van der Waals surface area contributed by atoms with Gasteiger partial charge >= 0.3 is 5.97 Å². The van der Waals surface area contributed by atoms with Crippen LogP contribution in [0.1, 0.15) is 23.0 Å². The summed E-state index contributed by atoms with van der Waals surface area (Å²) in [6, 6.07) is 7.23. The van der Waals surface area contributed by atoms with E-state index in [1.54, 1.807) is 19.1 Å². The molecule has 0 spiro atoms. The third-order valence-electron chi connectivity index (χ3n) is 2.66. The summed E-state index contributed by atoms with van der Waals surface area (Å²) in [4.78, 5) is 19.2. The van der Waals surface area contributed by atoms with Gasteiger partial charge in [-0.2, -0.15) is 0 Å². The predicted octanol–water partition coefficient (Wildman–Crippen LogP) is 2.77. The Kier molecular flexibility index (Phi) is 3.85. The molecule has 5 heteroatoms. The Morgan fingerprint density at radius 3 is 2.74 bits per heavy atom. The van der Waals surface area contributed by atoms with Crippen LogP contribution in [-0.2, 0) is 4.74 Å². The topological polar surface area (TPSA) is 52.1 Å². The molecule has 0 bridgehead atoms. The highest BCUT2D eigenvalue weighted by atomic mass is 19.1. The highest BCUT2D eigenvalue weighted by Crippen LogP contribution is 2.24. The maximum absolute atomic E-state index is 14.3. The normalized spacial score (nSPS) is 10.3. The molecule has 19 heavy (non-hydrogen) atoms. The number of carbonyl (C=O) groups excluding carboxylic acids is 1. The van der Waals surface area contributed by atoms with Gasteiger partial charge in [0.25, 0.3) is 0 Å².